The lowest BCUT2D eigenvalue weighted by Gasteiger charge is -2.02. The number of halogens is 2. The van der Waals surface area contributed by atoms with Gasteiger partial charge in [0.25, 0.3) is 0 Å². The van der Waals surface area contributed by atoms with Gasteiger partial charge >= 0.3 is 0 Å². The van der Waals surface area contributed by atoms with Gasteiger partial charge in [0, 0.05) is 0 Å². The molecule has 1 aromatic heterocycles. The molecule has 104 valence electrons. The number of fused-ring (bicyclic) bond motifs is 1. The van der Waals surface area contributed by atoms with Crippen LogP contribution in [0.2, 0.25) is 10.0 Å². The molecule has 0 saturated heterocycles. The second-order valence-electron chi connectivity index (χ2n) is 4.28. The number of rotatable bonds is 3. The molecule has 4 nitrogen and oxygen atoms in total. The Kier molecular flexibility index (Phi) is 3.99. The van der Waals surface area contributed by atoms with Crippen molar-refractivity contribution >= 4 is 46.1 Å². The smallest absolute Gasteiger partial charge is 0.102 e. The predicted octanol–water partition coefficient (Wildman–Crippen LogP) is 4.38. The fourth-order valence-electron chi connectivity index (χ4n) is 1.77. The predicted molar refractivity (Wildman–Crippen MR) is 87.2 cm³/mol. The number of anilines is 1. The summed E-state index contributed by atoms with van der Waals surface area (Å²) < 4.78 is 0. The van der Waals surface area contributed by atoms with E-state index < -0.39 is 0 Å². The minimum absolute atomic E-state index is 0.474. The highest BCUT2D eigenvalue weighted by Gasteiger charge is 1.99. The first-order chi connectivity index (χ1) is 10.2. The van der Waals surface area contributed by atoms with E-state index in [9.17, 15) is 0 Å². The van der Waals surface area contributed by atoms with Gasteiger partial charge in [-0.15, -0.1) is 0 Å². The molecule has 0 aliphatic rings. The van der Waals surface area contributed by atoms with Crippen LogP contribution in [0.15, 0.2) is 53.8 Å². The van der Waals surface area contributed by atoms with Crippen molar-refractivity contribution in [3.63, 3.8) is 0 Å². The first-order valence-corrected chi connectivity index (χ1v) is 6.94. The summed E-state index contributed by atoms with van der Waals surface area (Å²) in [4.78, 5) is 8.75. The van der Waals surface area contributed by atoms with Crippen LogP contribution in [0.1, 0.15) is 5.69 Å². The highest BCUT2D eigenvalue weighted by atomic mass is 35.5. The maximum absolute atomic E-state index is 5.93. The molecular weight excluding hydrogens is 307 g/mol. The van der Waals surface area contributed by atoms with Gasteiger partial charge in [-0.2, -0.15) is 5.10 Å². The van der Waals surface area contributed by atoms with Crippen LogP contribution < -0.4 is 5.43 Å². The first kappa shape index (κ1) is 13.8. The fraction of sp³-hybridized carbons (Fsp3) is 0. The summed E-state index contributed by atoms with van der Waals surface area (Å²) in [6.07, 6.45) is 3.27. The van der Waals surface area contributed by atoms with E-state index in [0.29, 0.717) is 15.7 Å². The Hall–Kier alpha value is -2.17. The number of nitrogens with one attached hydrogen (secondary N) is 1. The van der Waals surface area contributed by atoms with E-state index in [1.165, 1.54) is 0 Å². The Balaban J connectivity index is 1.76. The molecule has 2 aromatic carbocycles. The highest BCUT2D eigenvalue weighted by molar-refractivity contribution is 6.42. The van der Waals surface area contributed by atoms with Crippen LogP contribution in [0, 0.1) is 0 Å². The normalized spacial score (nSPS) is 11.1. The number of benzene rings is 2. The van der Waals surface area contributed by atoms with Gasteiger partial charge in [0.05, 0.1) is 39.2 Å². The third kappa shape index (κ3) is 3.29. The van der Waals surface area contributed by atoms with Crippen LogP contribution in [-0.2, 0) is 0 Å². The van der Waals surface area contributed by atoms with Crippen molar-refractivity contribution in [2.24, 2.45) is 5.10 Å². The largest absolute Gasteiger partial charge is 0.278 e. The number of para-hydroxylation sites is 2. The number of nitrogens with zero attached hydrogens (tertiary/aromatic N) is 3. The van der Waals surface area contributed by atoms with Gasteiger partial charge < -0.3 is 0 Å². The molecule has 0 unspecified atom stereocenters. The van der Waals surface area contributed by atoms with Crippen molar-refractivity contribution in [3.05, 3.63) is 64.4 Å². The number of hydrogen-bond acceptors (Lipinski definition) is 4. The third-order valence-electron chi connectivity index (χ3n) is 2.78. The van der Waals surface area contributed by atoms with Crippen LogP contribution in [-0.4, -0.2) is 16.2 Å². The monoisotopic (exact) mass is 316 g/mol. The molecule has 3 aromatic rings. The Morgan fingerprint density at radius 2 is 1.81 bits per heavy atom. The van der Waals surface area contributed by atoms with Crippen LogP contribution in [0.5, 0.6) is 0 Å². The number of aromatic nitrogens is 2. The molecule has 0 bridgehead atoms. The summed E-state index contributed by atoms with van der Waals surface area (Å²) >= 11 is 11.8. The second kappa shape index (κ2) is 6.08. The van der Waals surface area contributed by atoms with Crippen LogP contribution >= 0.6 is 23.2 Å². The Labute approximate surface area is 131 Å². The molecule has 0 aliphatic heterocycles. The lowest BCUT2D eigenvalue weighted by molar-refractivity contribution is 1.26. The second-order valence-corrected chi connectivity index (χ2v) is 5.10. The van der Waals surface area contributed by atoms with E-state index in [0.717, 1.165) is 16.7 Å². The quantitative estimate of drug-likeness (QED) is 0.576. The Morgan fingerprint density at radius 3 is 2.62 bits per heavy atom. The lowest BCUT2D eigenvalue weighted by atomic mass is 10.3. The summed E-state index contributed by atoms with van der Waals surface area (Å²) in [7, 11) is 0. The van der Waals surface area contributed by atoms with Gasteiger partial charge in [-0.1, -0.05) is 35.3 Å². The zero-order chi connectivity index (χ0) is 14.7. The number of hydrazone groups is 1. The van der Waals surface area contributed by atoms with E-state index in [-0.39, 0.29) is 0 Å². The van der Waals surface area contributed by atoms with Crippen molar-refractivity contribution in [2.75, 3.05) is 5.43 Å². The molecule has 0 amide bonds. The molecule has 0 radical (unpaired) electrons. The van der Waals surface area contributed by atoms with Gasteiger partial charge in [0.1, 0.15) is 5.69 Å². The molecule has 0 fully saturated rings. The molecule has 21 heavy (non-hydrogen) atoms. The van der Waals surface area contributed by atoms with E-state index in [2.05, 4.69) is 20.5 Å². The summed E-state index contributed by atoms with van der Waals surface area (Å²) in [6, 6.07) is 12.9. The van der Waals surface area contributed by atoms with Gasteiger partial charge in [-0.25, -0.2) is 4.98 Å². The van der Waals surface area contributed by atoms with Crippen molar-refractivity contribution in [2.45, 2.75) is 0 Å². The van der Waals surface area contributed by atoms with Gasteiger partial charge in [-0.3, -0.25) is 10.4 Å². The molecule has 0 saturated carbocycles. The maximum Gasteiger partial charge on any atom is 0.102 e. The first-order valence-electron chi connectivity index (χ1n) is 6.18. The zero-order valence-corrected chi connectivity index (χ0v) is 12.3. The van der Waals surface area contributed by atoms with E-state index in [1.807, 2.05) is 24.3 Å². The third-order valence-corrected chi connectivity index (χ3v) is 3.52. The number of hydrogen-bond donors (Lipinski definition) is 1. The standard InChI is InChI=1S/C15H10Cl2N4/c16-12-6-5-10(7-13(12)17)21-19-9-11-8-18-14-3-1-2-4-15(14)20-11/h1-9,21H/b19-9-. The highest BCUT2D eigenvalue weighted by Crippen LogP contribution is 2.24. The molecule has 6 heteroatoms. The van der Waals surface area contributed by atoms with E-state index in [4.69, 9.17) is 23.2 Å². The average Bonchev–Trinajstić information content (AvgIpc) is 2.51. The van der Waals surface area contributed by atoms with Gasteiger partial charge in [0.15, 0.2) is 0 Å². The van der Waals surface area contributed by atoms with E-state index in [1.54, 1.807) is 30.6 Å². The summed E-state index contributed by atoms with van der Waals surface area (Å²) in [5, 5.41) is 5.09. The molecule has 3 rings (SSSR count). The van der Waals surface area contributed by atoms with Crippen molar-refractivity contribution in [3.8, 4) is 0 Å². The average molecular weight is 317 g/mol. The minimum atomic E-state index is 0.474. The molecule has 0 spiro atoms. The minimum Gasteiger partial charge on any atom is -0.278 e. The van der Waals surface area contributed by atoms with Crippen LogP contribution in [0.25, 0.3) is 11.0 Å². The molecule has 1 heterocycles. The summed E-state index contributed by atoms with van der Waals surface area (Å²) in [5.74, 6) is 0. The fourth-order valence-corrected chi connectivity index (χ4v) is 2.07. The Morgan fingerprint density at radius 1 is 1.00 bits per heavy atom. The van der Waals surface area contributed by atoms with Crippen molar-refractivity contribution in [1.29, 1.82) is 0 Å². The lowest BCUT2D eigenvalue weighted by Crippen LogP contribution is -1.94. The van der Waals surface area contributed by atoms with E-state index >= 15 is 0 Å². The molecular formula is C15H10Cl2N4. The summed E-state index contributed by atoms with van der Waals surface area (Å²) in [5.41, 5.74) is 5.96. The van der Waals surface area contributed by atoms with Crippen molar-refractivity contribution < 1.29 is 0 Å². The van der Waals surface area contributed by atoms with Crippen LogP contribution in [0.3, 0.4) is 0 Å². The zero-order valence-electron chi connectivity index (χ0n) is 10.8. The molecule has 1 N–H and O–H groups in total. The van der Waals surface area contributed by atoms with Gasteiger partial charge in [0.2, 0.25) is 0 Å². The maximum atomic E-state index is 5.93. The molecule has 0 atom stereocenters. The van der Waals surface area contributed by atoms with Gasteiger partial charge in [-0.05, 0) is 30.3 Å². The Bertz CT molecular complexity index is 818. The SMILES string of the molecule is Clc1ccc(N/N=C\c2cnc3ccccc3n2)cc1Cl. The van der Waals surface area contributed by atoms with Crippen molar-refractivity contribution in [1.82, 2.24) is 9.97 Å². The molecule has 0 aliphatic carbocycles. The topological polar surface area (TPSA) is 50.2 Å². The van der Waals surface area contributed by atoms with Crippen LogP contribution in [0.4, 0.5) is 5.69 Å². The summed E-state index contributed by atoms with van der Waals surface area (Å²) in [6.45, 7) is 0.